The molecule has 30 heavy (non-hydrogen) atoms. The summed E-state index contributed by atoms with van der Waals surface area (Å²) in [6.45, 7) is 0.559. The second-order valence-corrected chi connectivity index (χ2v) is 7.54. The molecule has 8 nitrogen and oxygen atoms in total. The number of anilines is 1. The van der Waals surface area contributed by atoms with Gasteiger partial charge in [0.15, 0.2) is 0 Å². The first-order valence-corrected chi connectivity index (χ1v) is 10.5. The van der Waals surface area contributed by atoms with E-state index in [-0.39, 0.29) is 17.9 Å². The zero-order valence-electron chi connectivity index (χ0n) is 17.1. The Morgan fingerprint density at radius 2 is 1.83 bits per heavy atom. The number of rotatable bonds is 10. The Bertz CT molecular complexity index is 841. The van der Waals surface area contributed by atoms with Crippen molar-refractivity contribution in [2.45, 2.75) is 57.4 Å². The maximum atomic E-state index is 12.2. The molecule has 0 aliphatic heterocycles. The van der Waals surface area contributed by atoms with Gasteiger partial charge in [-0.25, -0.2) is 15.4 Å². The fraction of sp³-hybridized carbons (Fsp3) is 0.455. The van der Waals surface area contributed by atoms with Crippen molar-refractivity contribution in [3.05, 3.63) is 53.3 Å². The van der Waals surface area contributed by atoms with Gasteiger partial charge in [0.25, 0.3) is 5.91 Å². The number of hydrogen-bond acceptors (Lipinski definition) is 6. The number of carbonyl (C=O) groups excluding carboxylic acids is 2. The molecular weight excluding hydrogens is 382 g/mol. The topological polar surface area (TPSA) is 116 Å². The van der Waals surface area contributed by atoms with Crippen molar-refractivity contribution >= 4 is 17.8 Å². The number of fused-ring (bicyclic) bond motifs is 1. The standard InChI is InChI=1S/C22H29N5O3/c28-20(27-30)12-3-1-2-6-13-23-21(29)17-14-24-22(25-15-17)26-19-11-7-9-16-8-4-5-10-18(16)19/h4-5,8,10,14-15,19,30H,1-3,6-7,9,11-13H2,(H,23,29)(H,27,28)(H,24,25,26). The van der Waals surface area contributed by atoms with Crippen LogP contribution < -0.4 is 16.1 Å². The summed E-state index contributed by atoms with van der Waals surface area (Å²) in [5, 5.41) is 14.7. The number of aromatic nitrogens is 2. The van der Waals surface area contributed by atoms with Crippen LogP contribution in [0.4, 0.5) is 5.95 Å². The van der Waals surface area contributed by atoms with Crippen LogP contribution in [0.2, 0.25) is 0 Å². The molecule has 1 aromatic heterocycles. The molecule has 1 aliphatic rings. The normalized spacial score (nSPS) is 15.2. The molecule has 0 saturated carbocycles. The number of carbonyl (C=O) groups is 2. The van der Waals surface area contributed by atoms with Crippen LogP contribution in [0.15, 0.2) is 36.7 Å². The molecule has 1 aromatic carbocycles. The van der Waals surface area contributed by atoms with E-state index < -0.39 is 0 Å². The first-order chi connectivity index (χ1) is 14.7. The Labute approximate surface area is 176 Å². The van der Waals surface area contributed by atoms with Crippen LogP contribution in [0.25, 0.3) is 0 Å². The summed E-state index contributed by atoms with van der Waals surface area (Å²) >= 11 is 0. The van der Waals surface area contributed by atoms with E-state index in [0.29, 0.717) is 30.9 Å². The monoisotopic (exact) mass is 411 g/mol. The van der Waals surface area contributed by atoms with Crippen molar-refractivity contribution < 1.29 is 14.8 Å². The van der Waals surface area contributed by atoms with Crippen molar-refractivity contribution in [1.82, 2.24) is 20.8 Å². The van der Waals surface area contributed by atoms with Gasteiger partial charge in [0.2, 0.25) is 11.9 Å². The minimum Gasteiger partial charge on any atom is -0.352 e. The number of benzene rings is 1. The lowest BCUT2D eigenvalue weighted by atomic mass is 9.88. The molecule has 1 aliphatic carbocycles. The predicted octanol–water partition coefficient (Wildman–Crippen LogP) is 3.15. The molecule has 0 spiro atoms. The Kier molecular flexibility index (Phi) is 8.14. The molecule has 160 valence electrons. The van der Waals surface area contributed by atoms with Gasteiger partial charge in [-0.15, -0.1) is 0 Å². The molecule has 4 N–H and O–H groups in total. The second kappa shape index (κ2) is 11.3. The number of amides is 2. The van der Waals surface area contributed by atoms with Crippen LogP contribution in [0.5, 0.6) is 0 Å². The number of hydroxylamine groups is 1. The minimum absolute atomic E-state index is 0.191. The highest BCUT2D eigenvalue weighted by molar-refractivity contribution is 5.93. The molecule has 1 atom stereocenters. The lowest BCUT2D eigenvalue weighted by Gasteiger charge is -2.26. The highest BCUT2D eigenvalue weighted by atomic mass is 16.5. The summed E-state index contributed by atoms with van der Waals surface area (Å²) in [5.74, 6) is -0.0293. The second-order valence-electron chi connectivity index (χ2n) is 7.54. The maximum Gasteiger partial charge on any atom is 0.254 e. The van der Waals surface area contributed by atoms with Crippen molar-refractivity contribution in [3.8, 4) is 0 Å². The largest absolute Gasteiger partial charge is 0.352 e. The van der Waals surface area contributed by atoms with Crippen LogP contribution in [0.3, 0.4) is 0 Å². The zero-order chi connectivity index (χ0) is 21.2. The maximum absolute atomic E-state index is 12.2. The summed E-state index contributed by atoms with van der Waals surface area (Å²) in [6, 6.07) is 8.64. The first-order valence-electron chi connectivity index (χ1n) is 10.5. The van der Waals surface area contributed by atoms with Gasteiger partial charge in [0.05, 0.1) is 11.6 Å². The van der Waals surface area contributed by atoms with Gasteiger partial charge >= 0.3 is 0 Å². The van der Waals surface area contributed by atoms with Crippen molar-refractivity contribution in [2.24, 2.45) is 0 Å². The highest BCUT2D eigenvalue weighted by Crippen LogP contribution is 2.31. The number of unbranched alkanes of at least 4 members (excludes halogenated alkanes) is 3. The average Bonchev–Trinajstić information content (AvgIpc) is 2.79. The summed E-state index contributed by atoms with van der Waals surface area (Å²) < 4.78 is 0. The third kappa shape index (κ3) is 6.25. The molecule has 3 rings (SSSR count). The molecule has 0 bridgehead atoms. The lowest BCUT2D eigenvalue weighted by Crippen LogP contribution is -2.25. The van der Waals surface area contributed by atoms with Crippen LogP contribution in [-0.4, -0.2) is 33.5 Å². The summed E-state index contributed by atoms with van der Waals surface area (Å²) in [5.41, 5.74) is 4.72. The number of nitrogens with zero attached hydrogens (tertiary/aromatic N) is 2. The lowest BCUT2D eigenvalue weighted by molar-refractivity contribution is -0.129. The fourth-order valence-electron chi connectivity index (χ4n) is 3.70. The first kappa shape index (κ1) is 21.7. The zero-order valence-corrected chi connectivity index (χ0v) is 17.1. The van der Waals surface area contributed by atoms with E-state index in [1.54, 1.807) is 17.9 Å². The van der Waals surface area contributed by atoms with Crippen molar-refractivity contribution in [2.75, 3.05) is 11.9 Å². The highest BCUT2D eigenvalue weighted by Gasteiger charge is 2.20. The molecule has 1 unspecified atom stereocenters. The van der Waals surface area contributed by atoms with Crippen LogP contribution in [0, 0.1) is 0 Å². The van der Waals surface area contributed by atoms with Gasteiger partial charge in [0.1, 0.15) is 0 Å². The molecule has 2 aromatic rings. The van der Waals surface area contributed by atoms with E-state index in [0.717, 1.165) is 38.5 Å². The molecule has 0 radical (unpaired) electrons. The van der Waals surface area contributed by atoms with E-state index in [4.69, 9.17) is 5.21 Å². The predicted molar refractivity (Wildman–Crippen MR) is 113 cm³/mol. The Morgan fingerprint density at radius 3 is 2.63 bits per heavy atom. The molecule has 0 fully saturated rings. The van der Waals surface area contributed by atoms with Crippen LogP contribution >= 0.6 is 0 Å². The van der Waals surface area contributed by atoms with Crippen molar-refractivity contribution in [3.63, 3.8) is 0 Å². The van der Waals surface area contributed by atoms with E-state index in [1.807, 2.05) is 0 Å². The smallest absolute Gasteiger partial charge is 0.254 e. The van der Waals surface area contributed by atoms with Crippen molar-refractivity contribution in [1.29, 1.82) is 0 Å². The molecule has 2 amide bonds. The van der Waals surface area contributed by atoms with Crippen LogP contribution in [-0.2, 0) is 11.2 Å². The summed E-state index contributed by atoms with van der Waals surface area (Å²) in [4.78, 5) is 31.8. The van der Waals surface area contributed by atoms with Gasteiger partial charge in [-0.1, -0.05) is 37.1 Å². The number of hydrogen-bond donors (Lipinski definition) is 4. The molecule has 1 heterocycles. The van der Waals surface area contributed by atoms with Gasteiger partial charge in [-0.2, -0.15) is 0 Å². The quantitative estimate of drug-likeness (QED) is 0.271. The molecule has 0 saturated heterocycles. The number of aryl methyl sites for hydroxylation is 1. The van der Waals surface area contributed by atoms with Gasteiger partial charge in [0, 0.05) is 25.4 Å². The van der Waals surface area contributed by atoms with Gasteiger partial charge in [-0.05, 0) is 43.2 Å². The van der Waals surface area contributed by atoms with Gasteiger partial charge in [-0.3, -0.25) is 14.8 Å². The minimum atomic E-state index is -0.367. The number of nitrogens with one attached hydrogen (secondary N) is 3. The summed E-state index contributed by atoms with van der Waals surface area (Å²) in [7, 11) is 0. The summed E-state index contributed by atoms with van der Waals surface area (Å²) in [6.07, 6.45) is 10.00. The molecule has 8 heteroatoms. The average molecular weight is 412 g/mol. The van der Waals surface area contributed by atoms with E-state index in [2.05, 4.69) is 44.9 Å². The van der Waals surface area contributed by atoms with Gasteiger partial charge < -0.3 is 10.6 Å². The van der Waals surface area contributed by atoms with Crippen LogP contribution in [0.1, 0.15) is 72.5 Å². The molecular formula is C22H29N5O3. The van der Waals surface area contributed by atoms with E-state index >= 15 is 0 Å². The van der Waals surface area contributed by atoms with E-state index in [9.17, 15) is 9.59 Å². The third-order valence-electron chi connectivity index (χ3n) is 5.33. The fourth-order valence-corrected chi connectivity index (χ4v) is 3.70. The van der Waals surface area contributed by atoms with E-state index in [1.165, 1.54) is 11.1 Å². The SMILES string of the molecule is O=C(CCCCCCNC(=O)c1cnc(NC2CCCc3ccccc32)nc1)NO. The Hall–Kier alpha value is -3.00. The Balaban J connectivity index is 1.40. The Morgan fingerprint density at radius 1 is 1.07 bits per heavy atom. The third-order valence-corrected chi connectivity index (χ3v) is 5.33.